The van der Waals surface area contributed by atoms with Crippen molar-refractivity contribution in [1.82, 2.24) is 15.2 Å². The SMILES string of the molecule is Fc1ccc(-c2ccc([C@H]3[C@@H](c4ccccn4)NC(=S)N3C[C@@H]3CCCO3)o2)c(Br)c1. The molecule has 2 fully saturated rings. The van der Waals surface area contributed by atoms with Crippen LogP contribution in [-0.4, -0.2) is 34.3 Å². The highest BCUT2D eigenvalue weighted by molar-refractivity contribution is 9.10. The van der Waals surface area contributed by atoms with Crippen molar-refractivity contribution in [1.29, 1.82) is 0 Å². The van der Waals surface area contributed by atoms with Crippen LogP contribution in [0.5, 0.6) is 0 Å². The lowest BCUT2D eigenvalue weighted by Gasteiger charge is -2.28. The normalized spacial score (nSPS) is 23.4. The molecule has 2 saturated heterocycles. The molecule has 2 aliphatic heterocycles. The Morgan fingerprint density at radius 1 is 1.23 bits per heavy atom. The van der Waals surface area contributed by atoms with E-state index in [1.54, 1.807) is 12.3 Å². The molecule has 0 saturated carbocycles. The summed E-state index contributed by atoms with van der Waals surface area (Å²) in [5.74, 6) is 1.13. The summed E-state index contributed by atoms with van der Waals surface area (Å²) in [6.07, 6.45) is 4.01. The van der Waals surface area contributed by atoms with Crippen molar-refractivity contribution in [3.05, 3.63) is 76.5 Å². The first-order chi connectivity index (χ1) is 15.1. The highest BCUT2D eigenvalue weighted by Crippen LogP contribution is 2.41. The number of nitrogens with zero attached hydrogens (tertiary/aromatic N) is 2. The minimum absolute atomic E-state index is 0.144. The number of ether oxygens (including phenoxy) is 1. The fourth-order valence-corrected chi connectivity index (χ4v) is 5.13. The topological polar surface area (TPSA) is 50.5 Å². The Hall–Kier alpha value is -2.29. The van der Waals surface area contributed by atoms with Gasteiger partial charge in [-0.1, -0.05) is 6.07 Å². The van der Waals surface area contributed by atoms with E-state index in [1.807, 2.05) is 30.3 Å². The molecule has 8 heteroatoms. The molecule has 2 aromatic heterocycles. The number of nitrogens with one attached hydrogen (secondary N) is 1. The second-order valence-corrected chi connectivity index (χ2v) is 8.98. The zero-order valence-corrected chi connectivity index (χ0v) is 19.0. The van der Waals surface area contributed by atoms with Crippen LogP contribution in [0.2, 0.25) is 0 Å². The highest BCUT2D eigenvalue weighted by Gasteiger charge is 2.42. The summed E-state index contributed by atoms with van der Waals surface area (Å²) < 4.78 is 26.4. The molecule has 1 aromatic carbocycles. The van der Waals surface area contributed by atoms with E-state index in [1.165, 1.54) is 12.1 Å². The summed E-state index contributed by atoms with van der Waals surface area (Å²) in [5, 5.41) is 4.10. The summed E-state index contributed by atoms with van der Waals surface area (Å²) in [5.41, 5.74) is 1.69. The molecule has 0 bridgehead atoms. The van der Waals surface area contributed by atoms with Gasteiger partial charge in [-0.2, -0.15) is 0 Å². The number of rotatable bonds is 5. The molecule has 160 valence electrons. The molecule has 0 radical (unpaired) electrons. The third kappa shape index (κ3) is 4.12. The molecule has 2 aliphatic rings. The van der Waals surface area contributed by atoms with Crippen molar-refractivity contribution < 1.29 is 13.5 Å². The van der Waals surface area contributed by atoms with Crippen molar-refractivity contribution >= 4 is 33.3 Å². The molecule has 0 aliphatic carbocycles. The summed E-state index contributed by atoms with van der Waals surface area (Å²) in [7, 11) is 0. The van der Waals surface area contributed by atoms with Crippen molar-refractivity contribution in [3.63, 3.8) is 0 Å². The number of thiocarbonyl (C=S) groups is 1. The van der Waals surface area contributed by atoms with E-state index in [2.05, 4.69) is 31.1 Å². The predicted octanol–water partition coefficient (Wildman–Crippen LogP) is 5.39. The lowest BCUT2D eigenvalue weighted by molar-refractivity contribution is 0.0818. The number of pyridine rings is 1. The van der Waals surface area contributed by atoms with E-state index >= 15 is 0 Å². The summed E-state index contributed by atoms with van der Waals surface area (Å²) in [6.45, 7) is 1.48. The second-order valence-electron chi connectivity index (χ2n) is 7.74. The summed E-state index contributed by atoms with van der Waals surface area (Å²) >= 11 is 9.14. The zero-order valence-electron chi connectivity index (χ0n) is 16.6. The maximum Gasteiger partial charge on any atom is 0.170 e. The van der Waals surface area contributed by atoms with E-state index in [0.29, 0.717) is 21.9 Å². The third-order valence-corrected chi connectivity index (χ3v) is 6.75. The lowest BCUT2D eigenvalue weighted by atomic mass is 10.0. The van der Waals surface area contributed by atoms with Crippen LogP contribution in [0.3, 0.4) is 0 Å². The molecule has 31 heavy (non-hydrogen) atoms. The molecular weight excluding hydrogens is 481 g/mol. The minimum atomic E-state index is -0.300. The first kappa shape index (κ1) is 20.6. The quantitative estimate of drug-likeness (QED) is 0.472. The lowest BCUT2D eigenvalue weighted by Crippen LogP contribution is -2.36. The fraction of sp³-hybridized carbons (Fsp3) is 0.304. The van der Waals surface area contributed by atoms with Crippen molar-refractivity contribution in [3.8, 4) is 11.3 Å². The van der Waals surface area contributed by atoms with Gasteiger partial charge in [0.2, 0.25) is 0 Å². The standard InChI is InChI=1S/C23H21BrFN3O2S/c24-17-12-14(25)6-7-16(17)19-8-9-20(30-19)22-21(18-5-1-2-10-26-18)27-23(31)28(22)13-15-4-3-11-29-15/h1-2,5-10,12,15,21-22H,3-4,11,13H2,(H,27,31)/t15-,21+,22-/m0/s1. The van der Waals surface area contributed by atoms with Gasteiger partial charge in [0.05, 0.1) is 17.8 Å². The van der Waals surface area contributed by atoms with Crippen molar-refractivity contribution in [2.75, 3.05) is 13.2 Å². The maximum atomic E-state index is 13.5. The molecule has 5 nitrogen and oxygen atoms in total. The zero-order chi connectivity index (χ0) is 21.4. The second kappa shape index (κ2) is 8.68. The van der Waals surface area contributed by atoms with Gasteiger partial charge in [0.25, 0.3) is 0 Å². The van der Waals surface area contributed by atoms with Crippen molar-refractivity contribution in [2.24, 2.45) is 0 Å². The summed E-state index contributed by atoms with van der Waals surface area (Å²) in [6, 6.07) is 14.0. The average Bonchev–Trinajstić information content (AvgIpc) is 3.51. The number of hydrogen-bond donors (Lipinski definition) is 1. The Morgan fingerprint density at radius 2 is 2.13 bits per heavy atom. The molecule has 4 heterocycles. The van der Waals surface area contributed by atoms with E-state index < -0.39 is 0 Å². The molecule has 3 aromatic rings. The van der Waals surface area contributed by atoms with Crippen LogP contribution in [0.4, 0.5) is 4.39 Å². The molecule has 0 spiro atoms. The molecule has 0 amide bonds. The van der Waals surface area contributed by atoms with Gasteiger partial charge >= 0.3 is 0 Å². The van der Waals surface area contributed by atoms with Crippen LogP contribution < -0.4 is 5.32 Å². The van der Waals surface area contributed by atoms with E-state index in [0.717, 1.165) is 36.5 Å². The number of furan rings is 1. The van der Waals surface area contributed by atoms with Crippen LogP contribution in [0.15, 0.2) is 63.6 Å². The van der Waals surface area contributed by atoms with E-state index in [4.69, 9.17) is 21.4 Å². The van der Waals surface area contributed by atoms with Crippen LogP contribution in [0, 0.1) is 5.82 Å². The monoisotopic (exact) mass is 501 g/mol. The first-order valence-corrected chi connectivity index (χ1v) is 11.4. The molecular formula is C23H21BrFN3O2S. The number of aromatic nitrogens is 1. The Bertz CT molecular complexity index is 1090. The third-order valence-electron chi connectivity index (χ3n) is 5.74. The Balaban J connectivity index is 1.51. The first-order valence-electron chi connectivity index (χ1n) is 10.2. The van der Waals surface area contributed by atoms with Gasteiger partial charge in [0.1, 0.15) is 23.4 Å². The number of benzene rings is 1. The Labute approximate surface area is 193 Å². The number of hydrogen-bond acceptors (Lipinski definition) is 4. The Kier molecular flexibility index (Phi) is 5.77. The van der Waals surface area contributed by atoms with E-state index in [9.17, 15) is 4.39 Å². The summed E-state index contributed by atoms with van der Waals surface area (Å²) in [4.78, 5) is 6.70. The van der Waals surface area contributed by atoms with Gasteiger partial charge in [-0.15, -0.1) is 0 Å². The predicted molar refractivity (Wildman–Crippen MR) is 123 cm³/mol. The fourth-order valence-electron chi connectivity index (χ4n) is 4.26. The minimum Gasteiger partial charge on any atom is -0.459 e. The smallest absolute Gasteiger partial charge is 0.170 e. The van der Waals surface area contributed by atoms with Gasteiger partial charge in [0.15, 0.2) is 5.11 Å². The van der Waals surface area contributed by atoms with Crippen LogP contribution >= 0.6 is 28.1 Å². The van der Waals surface area contributed by atoms with Gasteiger partial charge in [0, 0.05) is 29.4 Å². The van der Waals surface area contributed by atoms with E-state index in [-0.39, 0.29) is 24.0 Å². The van der Waals surface area contributed by atoms with Crippen LogP contribution in [-0.2, 0) is 4.74 Å². The highest BCUT2D eigenvalue weighted by atomic mass is 79.9. The Morgan fingerprint density at radius 3 is 2.87 bits per heavy atom. The van der Waals surface area contributed by atoms with Gasteiger partial charge in [-0.25, -0.2) is 4.39 Å². The number of halogens is 2. The molecule has 5 rings (SSSR count). The molecule has 3 atom stereocenters. The average molecular weight is 502 g/mol. The van der Waals surface area contributed by atoms with Gasteiger partial charge in [-0.05, 0) is 83.5 Å². The molecule has 1 N–H and O–H groups in total. The van der Waals surface area contributed by atoms with Crippen molar-refractivity contribution in [2.45, 2.75) is 31.0 Å². The molecule has 0 unspecified atom stereocenters. The van der Waals surface area contributed by atoms with Crippen LogP contribution in [0.1, 0.15) is 36.4 Å². The maximum absolute atomic E-state index is 13.5. The van der Waals surface area contributed by atoms with Gasteiger partial charge < -0.3 is 19.4 Å². The van der Waals surface area contributed by atoms with Crippen LogP contribution in [0.25, 0.3) is 11.3 Å². The van der Waals surface area contributed by atoms with Gasteiger partial charge in [-0.3, -0.25) is 4.98 Å². The largest absolute Gasteiger partial charge is 0.459 e.